The molecular formula is C32H26BrN3O3. The fourth-order valence-corrected chi connectivity index (χ4v) is 5.04. The maximum Gasteiger partial charge on any atom is 0.344 e. The van der Waals surface area contributed by atoms with Gasteiger partial charge in [0.1, 0.15) is 17.2 Å². The third-order valence-corrected chi connectivity index (χ3v) is 6.85. The van der Waals surface area contributed by atoms with Crippen LogP contribution < -0.4 is 4.74 Å². The molecule has 0 amide bonds. The smallest absolute Gasteiger partial charge is 0.344 e. The molecule has 0 aliphatic heterocycles. The second kappa shape index (κ2) is 10.8. The topological polar surface area (TPSA) is 85.1 Å². The first kappa shape index (κ1) is 26.3. The van der Waals surface area contributed by atoms with E-state index in [1.165, 1.54) is 0 Å². The van der Waals surface area contributed by atoms with Crippen molar-refractivity contribution < 1.29 is 14.3 Å². The largest absolute Gasteiger partial charge is 0.465 e. The lowest BCUT2D eigenvalue weighted by molar-refractivity contribution is -0.157. The Morgan fingerprint density at radius 1 is 0.897 bits per heavy atom. The van der Waals surface area contributed by atoms with Crippen LogP contribution in [0.15, 0.2) is 83.3 Å². The summed E-state index contributed by atoms with van der Waals surface area (Å²) in [4.78, 5) is 22.0. The van der Waals surface area contributed by atoms with E-state index in [1.54, 1.807) is 20.8 Å². The summed E-state index contributed by atoms with van der Waals surface area (Å²) >= 11 is 3.63. The highest BCUT2D eigenvalue weighted by Crippen LogP contribution is 2.33. The van der Waals surface area contributed by atoms with E-state index in [1.807, 2.05) is 60.7 Å². The number of halogens is 1. The number of carbonyl (C=O) groups is 1. The van der Waals surface area contributed by atoms with Crippen molar-refractivity contribution in [3.8, 4) is 23.3 Å². The highest BCUT2D eigenvalue weighted by Gasteiger charge is 2.22. The van der Waals surface area contributed by atoms with Crippen molar-refractivity contribution in [1.29, 1.82) is 5.26 Å². The Hall–Kier alpha value is -4.28. The molecule has 5 rings (SSSR count). The molecule has 0 N–H and O–H groups in total. The molecule has 1 heterocycles. The van der Waals surface area contributed by atoms with Gasteiger partial charge < -0.3 is 9.47 Å². The van der Waals surface area contributed by atoms with E-state index in [4.69, 9.17) is 14.5 Å². The normalized spacial score (nSPS) is 11.4. The van der Waals surface area contributed by atoms with Crippen LogP contribution in [-0.2, 0) is 16.0 Å². The molecule has 0 saturated heterocycles. The van der Waals surface area contributed by atoms with Crippen molar-refractivity contribution in [2.75, 3.05) is 6.61 Å². The summed E-state index contributed by atoms with van der Waals surface area (Å²) in [6.45, 7) is 4.98. The fourth-order valence-electron chi connectivity index (χ4n) is 4.54. The van der Waals surface area contributed by atoms with E-state index in [0.717, 1.165) is 37.1 Å². The summed E-state index contributed by atoms with van der Waals surface area (Å²) in [5.74, 6) is -0.0843. The Morgan fingerprint density at radius 3 is 2.38 bits per heavy atom. The van der Waals surface area contributed by atoms with E-state index < -0.39 is 11.6 Å². The van der Waals surface area contributed by atoms with Gasteiger partial charge in [0.05, 0.1) is 5.69 Å². The van der Waals surface area contributed by atoms with Crippen molar-refractivity contribution in [3.63, 3.8) is 0 Å². The predicted molar refractivity (Wildman–Crippen MR) is 155 cm³/mol. The van der Waals surface area contributed by atoms with E-state index in [2.05, 4.69) is 45.2 Å². The lowest BCUT2D eigenvalue weighted by Gasteiger charge is -2.19. The number of benzene rings is 4. The van der Waals surface area contributed by atoms with Gasteiger partial charge >= 0.3 is 5.97 Å². The number of ether oxygens (including phenoxy) is 2. The third kappa shape index (κ3) is 5.76. The Morgan fingerprint density at radius 2 is 1.59 bits per heavy atom. The summed E-state index contributed by atoms with van der Waals surface area (Å²) < 4.78 is 12.2. The van der Waals surface area contributed by atoms with Gasteiger partial charge in [-0.05, 0) is 53.9 Å². The first-order chi connectivity index (χ1) is 18.7. The second-order valence-corrected chi connectivity index (χ2v) is 11.0. The zero-order valence-corrected chi connectivity index (χ0v) is 23.5. The van der Waals surface area contributed by atoms with Gasteiger partial charge in [-0.15, -0.1) is 0 Å². The highest BCUT2D eigenvalue weighted by atomic mass is 79.9. The number of nitriles is 1. The summed E-state index contributed by atoms with van der Waals surface area (Å²) in [5.41, 5.74) is 1.86. The van der Waals surface area contributed by atoms with Crippen LogP contribution in [0.3, 0.4) is 0 Å². The van der Waals surface area contributed by atoms with Crippen LogP contribution in [0.25, 0.3) is 32.9 Å². The standard InChI is InChI=1S/C32H26BrN3O3/c1-32(2,3)39-29(37)19-38-31-26(18-34)28(17-21-11-6-10-20-9-4-5-12-22(20)21)35-30(36-31)25-15-7-14-24-23(25)13-8-16-27(24)33/h4-16H,17,19H2,1-3H3. The van der Waals surface area contributed by atoms with Crippen LogP contribution >= 0.6 is 15.9 Å². The van der Waals surface area contributed by atoms with Crippen molar-refractivity contribution in [2.24, 2.45) is 0 Å². The maximum atomic E-state index is 12.4. The maximum absolute atomic E-state index is 12.4. The van der Waals surface area contributed by atoms with E-state index in [9.17, 15) is 10.1 Å². The Kier molecular flexibility index (Phi) is 7.32. The molecule has 0 fully saturated rings. The molecule has 1 aromatic heterocycles. The lowest BCUT2D eigenvalue weighted by Crippen LogP contribution is -2.27. The molecule has 4 aromatic carbocycles. The van der Waals surface area contributed by atoms with Crippen molar-refractivity contribution in [3.05, 3.63) is 100 Å². The van der Waals surface area contributed by atoms with Gasteiger partial charge in [-0.25, -0.2) is 9.78 Å². The molecule has 0 atom stereocenters. The number of hydrogen-bond donors (Lipinski definition) is 0. The predicted octanol–water partition coefficient (Wildman–Crippen LogP) is 7.40. The summed E-state index contributed by atoms with van der Waals surface area (Å²) in [6, 6.07) is 28.2. The van der Waals surface area contributed by atoms with Crippen LogP contribution in [0, 0.1) is 11.3 Å². The molecule has 0 unspecified atom stereocenters. The summed E-state index contributed by atoms with van der Waals surface area (Å²) in [7, 11) is 0. The molecule has 0 bridgehead atoms. The average molecular weight is 580 g/mol. The molecule has 0 aliphatic carbocycles. The summed E-state index contributed by atoms with van der Waals surface area (Å²) in [6.07, 6.45) is 0.386. The van der Waals surface area contributed by atoms with E-state index >= 15 is 0 Å². The Labute approximate surface area is 235 Å². The van der Waals surface area contributed by atoms with Crippen molar-refractivity contribution >= 4 is 43.4 Å². The minimum absolute atomic E-state index is 0.0515. The number of hydrogen-bond acceptors (Lipinski definition) is 6. The number of nitrogens with zero attached hydrogens (tertiary/aromatic N) is 3. The first-order valence-electron chi connectivity index (χ1n) is 12.5. The van der Waals surface area contributed by atoms with Crippen molar-refractivity contribution in [2.45, 2.75) is 32.8 Å². The number of fused-ring (bicyclic) bond motifs is 2. The Bertz CT molecular complexity index is 1750. The SMILES string of the molecule is CC(C)(C)OC(=O)COc1nc(-c2cccc3c(Br)cccc23)nc(Cc2cccc3ccccc23)c1C#N. The number of carbonyl (C=O) groups excluding carboxylic acids is 1. The molecule has 0 aliphatic rings. The average Bonchev–Trinajstić information content (AvgIpc) is 2.91. The van der Waals surface area contributed by atoms with Gasteiger partial charge in [-0.1, -0.05) is 88.7 Å². The number of rotatable bonds is 6. The second-order valence-electron chi connectivity index (χ2n) is 10.1. The molecule has 6 nitrogen and oxygen atoms in total. The molecule has 7 heteroatoms. The van der Waals surface area contributed by atoms with Gasteiger partial charge in [-0.3, -0.25) is 0 Å². The lowest BCUT2D eigenvalue weighted by atomic mass is 9.99. The zero-order chi connectivity index (χ0) is 27.6. The first-order valence-corrected chi connectivity index (χ1v) is 13.3. The minimum Gasteiger partial charge on any atom is -0.465 e. The summed E-state index contributed by atoms with van der Waals surface area (Å²) in [5, 5.41) is 14.3. The van der Waals surface area contributed by atoms with Gasteiger partial charge in [-0.2, -0.15) is 10.2 Å². The molecule has 194 valence electrons. The highest BCUT2D eigenvalue weighted by molar-refractivity contribution is 9.10. The minimum atomic E-state index is -0.662. The van der Waals surface area contributed by atoms with Crippen LogP contribution in [0.5, 0.6) is 5.88 Å². The van der Waals surface area contributed by atoms with Crippen LogP contribution in [-0.4, -0.2) is 28.1 Å². The van der Waals surface area contributed by atoms with Crippen molar-refractivity contribution in [1.82, 2.24) is 9.97 Å². The molecule has 0 saturated carbocycles. The van der Waals surface area contributed by atoms with E-state index in [-0.39, 0.29) is 18.1 Å². The zero-order valence-electron chi connectivity index (χ0n) is 21.9. The fraction of sp³-hybridized carbons (Fsp3) is 0.188. The van der Waals surface area contributed by atoms with Gasteiger partial charge in [0.25, 0.3) is 0 Å². The van der Waals surface area contributed by atoms with E-state index in [0.29, 0.717) is 17.9 Å². The Balaban J connectivity index is 1.65. The number of aromatic nitrogens is 2. The van der Waals surface area contributed by atoms with Gasteiger partial charge in [0.2, 0.25) is 5.88 Å². The molecule has 0 spiro atoms. The van der Waals surface area contributed by atoms with Crippen LogP contribution in [0.2, 0.25) is 0 Å². The molecule has 39 heavy (non-hydrogen) atoms. The van der Waals surface area contributed by atoms with Gasteiger partial charge in [0.15, 0.2) is 12.4 Å². The molecular weight excluding hydrogens is 554 g/mol. The number of esters is 1. The third-order valence-electron chi connectivity index (χ3n) is 6.16. The van der Waals surface area contributed by atoms with Crippen LogP contribution in [0.1, 0.15) is 37.6 Å². The monoisotopic (exact) mass is 579 g/mol. The molecule has 0 radical (unpaired) electrons. The van der Waals surface area contributed by atoms with Gasteiger partial charge in [0, 0.05) is 16.5 Å². The quantitative estimate of drug-likeness (QED) is 0.195. The van der Waals surface area contributed by atoms with Crippen LogP contribution in [0.4, 0.5) is 0 Å². The molecule has 5 aromatic rings.